The van der Waals surface area contributed by atoms with Crippen molar-refractivity contribution in [2.75, 3.05) is 0 Å². The van der Waals surface area contributed by atoms with Crippen molar-refractivity contribution in [3.63, 3.8) is 0 Å². The average Bonchev–Trinajstić information content (AvgIpc) is 2.26. The summed E-state index contributed by atoms with van der Waals surface area (Å²) in [6.45, 7) is 5.75. The van der Waals surface area contributed by atoms with Gasteiger partial charge in [0.2, 0.25) is 5.91 Å². The van der Waals surface area contributed by atoms with Crippen LogP contribution in [0.25, 0.3) is 0 Å². The quantitative estimate of drug-likeness (QED) is 0.862. The molecule has 1 amide bonds. The van der Waals surface area contributed by atoms with E-state index in [2.05, 4.69) is 5.32 Å². The van der Waals surface area contributed by atoms with Gasteiger partial charge in [0.25, 0.3) is 0 Å². The van der Waals surface area contributed by atoms with Gasteiger partial charge in [0, 0.05) is 17.0 Å². The maximum atomic E-state index is 11.8. The molecule has 0 saturated heterocycles. The molecule has 3 N–H and O–H groups in total. The number of rotatable bonds is 5. The fourth-order valence-electron chi connectivity index (χ4n) is 1.65. The van der Waals surface area contributed by atoms with E-state index in [-0.39, 0.29) is 17.5 Å². The van der Waals surface area contributed by atoms with E-state index < -0.39 is 0 Å². The Labute approximate surface area is 114 Å². The van der Waals surface area contributed by atoms with Gasteiger partial charge in [-0.25, -0.2) is 0 Å². The first-order chi connectivity index (χ1) is 8.29. The number of hydrogen-bond donors (Lipinski definition) is 2. The highest BCUT2D eigenvalue weighted by atomic mass is 35.5. The van der Waals surface area contributed by atoms with Crippen LogP contribution >= 0.6 is 11.6 Å². The number of benzene rings is 1. The largest absolute Gasteiger partial charge is 0.350 e. The maximum absolute atomic E-state index is 11.8. The van der Waals surface area contributed by atoms with Gasteiger partial charge in [0.05, 0.1) is 6.04 Å². The highest BCUT2D eigenvalue weighted by Gasteiger charge is 2.16. The Morgan fingerprint density at radius 2 is 2.06 bits per heavy atom. The Kier molecular flexibility index (Phi) is 5.17. The molecule has 3 nitrogen and oxygen atoms in total. The minimum Gasteiger partial charge on any atom is -0.350 e. The van der Waals surface area contributed by atoms with Crippen molar-refractivity contribution in [1.29, 1.82) is 0 Å². The van der Waals surface area contributed by atoms with Gasteiger partial charge in [0.15, 0.2) is 0 Å². The lowest BCUT2D eigenvalue weighted by atomic mass is 9.99. The smallest absolute Gasteiger partial charge is 0.220 e. The molecule has 1 rings (SSSR count). The number of hydrogen-bond acceptors (Lipinski definition) is 2. The average molecular weight is 269 g/mol. The summed E-state index contributed by atoms with van der Waals surface area (Å²) in [6, 6.07) is 7.43. The molecule has 0 heterocycles. The zero-order valence-corrected chi connectivity index (χ0v) is 11.9. The van der Waals surface area contributed by atoms with Gasteiger partial charge in [-0.1, -0.05) is 29.8 Å². The number of halogens is 1. The van der Waals surface area contributed by atoms with Crippen molar-refractivity contribution < 1.29 is 4.79 Å². The lowest BCUT2D eigenvalue weighted by Crippen LogP contribution is -2.35. The molecule has 0 aliphatic rings. The van der Waals surface area contributed by atoms with Gasteiger partial charge in [-0.2, -0.15) is 0 Å². The lowest BCUT2D eigenvalue weighted by Gasteiger charge is -2.20. The number of nitrogens with two attached hydrogens (primary N) is 1. The Hall–Kier alpha value is -1.06. The van der Waals surface area contributed by atoms with Crippen LogP contribution in [0.3, 0.4) is 0 Å². The van der Waals surface area contributed by atoms with Crippen molar-refractivity contribution in [3.05, 3.63) is 34.9 Å². The number of amides is 1. The maximum Gasteiger partial charge on any atom is 0.220 e. The van der Waals surface area contributed by atoms with Crippen LogP contribution in [0, 0.1) is 0 Å². The number of nitrogens with one attached hydrogen (secondary N) is 1. The highest BCUT2D eigenvalue weighted by molar-refractivity contribution is 6.31. The molecule has 1 atom stereocenters. The minimum absolute atomic E-state index is 0.000875. The summed E-state index contributed by atoms with van der Waals surface area (Å²) < 4.78 is 0. The highest BCUT2D eigenvalue weighted by Crippen LogP contribution is 2.22. The first-order valence-corrected chi connectivity index (χ1v) is 6.50. The van der Waals surface area contributed by atoms with Gasteiger partial charge in [-0.05, 0) is 38.8 Å². The van der Waals surface area contributed by atoms with Gasteiger partial charge < -0.3 is 11.1 Å². The predicted molar refractivity (Wildman–Crippen MR) is 75.5 cm³/mol. The van der Waals surface area contributed by atoms with Gasteiger partial charge in [-0.15, -0.1) is 0 Å². The van der Waals surface area contributed by atoms with E-state index in [0.717, 1.165) is 5.56 Å². The molecule has 0 aliphatic carbocycles. The monoisotopic (exact) mass is 268 g/mol. The van der Waals surface area contributed by atoms with Crippen molar-refractivity contribution >= 4 is 17.5 Å². The Bertz CT molecular complexity index is 413. The van der Waals surface area contributed by atoms with Crippen LogP contribution in [0.4, 0.5) is 0 Å². The molecule has 4 heteroatoms. The third kappa shape index (κ3) is 5.07. The molecular weight excluding hydrogens is 248 g/mol. The fraction of sp³-hybridized carbons (Fsp3) is 0.500. The zero-order valence-electron chi connectivity index (χ0n) is 11.2. The minimum atomic E-state index is -0.315. The normalized spacial score (nSPS) is 13.2. The zero-order chi connectivity index (χ0) is 13.8. The van der Waals surface area contributed by atoms with Gasteiger partial charge >= 0.3 is 0 Å². The standard InChI is InChI=1S/C14H21ClN2O/c1-10(11-6-4-5-7-12(11)15)17-13(18)8-9-14(2,3)16/h4-7,10H,8-9,16H2,1-3H3,(H,17,18)/t10-/m0/s1. The first kappa shape index (κ1) is 15.0. The second kappa shape index (κ2) is 6.21. The third-order valence-corrected chi connectivity index (χ3v) is 3.09. The van der Waals surface area contributed by atoms with Crippen molar-refractivity contribution in [2.24, 2.45) is 5.73 Å². The Morgan fingerprint density at radius 3 is 2.61 bits per heavy atom. The van der Waals surface area contributed by atoms with Gasteiger partial charge in [-0.3, -0.25) is 4.79 Å². The van der Waals surface area contributed by atoms with E-state index in [1.807, 2.05) is 45.0 Å². The molecule has 0 saturated carbocycles. The lowest BCUT2D eigenvalue weighted by molar-refractivity contribution is -0.122. The molecule has 1 aromatic rings. The van der Waals surface area contributed by atoms with E-state index in [1.54, 1.807) is 0 Å². The van der Waals surface area contributed by atoms with Crippen LogP contribution in [0.2, 0.25) is 5.02 Å². The molecule has 0 bridgehead atoms. The summed E-state index contributed by atoms with van der Waals surface area (Å²) in [6.07, 6.45) is 1.09. The molecule has 0 aliphatic heterocycles. The van der Waals surface area contributed by atoms with Crippen molar-refractivity contribution in [2.45, 2.75) is 45.2 Å². The molecule has 100 valence electrons. The van der Waals surface area contributed by atoms with Crippen LogP contribution in [-0.4, -0.2) is 11.4 Å². The summed E-state index contributed by atoms with van der Waals surface area (Å²) >= 11 is 6.08. The van der Waals surface area contributed by atoms with Crippen LogP contribution in [0.5, 0.6) is 0 Å². The first-order valence-electron chi connectivity index (χ1n) is 6.12. The molecule has 18 heavy (non-hydrogen) atoms. The van der Waals surface area contributed by atoms with E-state index in [0.29, 0.717) is 17.9 Å². The predicted octanol–water partition coefficient (Wildman–Crippen LogP) is 3.03. The molecule has 0 aromatic heterocycles. The van der Waals surface area contributed by atoms with E-state index >= 15 is 0 Å². The molecule has 0 radical (unpaired) electrons. The van der Waals surface area contributed by atoms with E-state index in [9.17, 15) is 4.79 Å². The second-order valence-electron chi connectivity index (χ2n) is 5.30. The van der Waals surface area contributed by atoms with Crippen molar-refractivity contribution in [3.8, 4) is 0 Å². The molecule has 0 fully saturated rings. The van der Waals surface area contributed by atoms with E-state index in [1.165, 1.54) is 0 Å². The fourth-order valence-corrected chi connectivity index (χ4v) is 1.95. The summed E-state index contributed by atoms with van der Waals surface area (Å²) in [7, 11) is 0. The Balaban J connectivity index is 2.53. The summed E-state index contributed by atoms with van der Waals surface area (Å²) in [4.78, 5) is 11.8. The van der Waals surface area contributed by atoms with Crippen LogP contribution in [0.15, 0.2) is 24.3 Å². The Morgan fingerprint density at radius 1 is 1.44 bits per heavy atom. The van der Waals surface area contributed by atoms with Crippen LogP contribution < -0.4 is 11.1 Å². The van der Waals surface area contributed by atoms with Crippen molar-refractivity contribution in [1.82, 2.24) is 5.32 Å². The number of carbonyl (C=O) groups is 1. The summed E-state index contributed by atoms with van der Waals surface area (Å²) in [5, 5.41) is 3.60. The van der Waals surface area contributed by atoms with Gasteiger partial charge in [0.1, 0.15) is 0 Å². The number of carbonyl (C=O) groups excluding carboxylic acids is 1. The molecule has 0 spiro atoms. The SMILES string of the molecule is C[C@H](NC(=O)CCC(C)(C)N)c1ccccc1Cl. The van der Waals surface area contributed by atoms with Crippen LogP contribution in [-0.2, 0) is 4.79 Å². The second-order valence-corrected chi connectivity index (χ2v) is 5.71. The molecular formula is C14H21ClN2O. The molecule has 1 aromatic carbocycles. The third-order valence-electron chi connectivity index (χ3n) is 2.75. The van der Waals surface area contributed by atoms with Crippen LogP contribution in [0.1, 0.15) is 45.2 Å². The summed E-state index contributed by atoms with van der Waals surface area (Å²) in [5.41, 5.74) is 6.46. The molecule has 0 unspecified atom stereocenters. The van der Waals surface area contributed by atoms with E-state index in [4.69, 9.17) is 17.3 Å². The topological polar surface area (TPSA) is 55.1 Å². The summed E-state index contributed by atoms with van der Waals surface area (Å²) in [5.74, 6) is 0.000875.